The first kappa shape index (κ1) is 9.51. The van der Waals surface area contributed by atoms with Crippen LogP contribution in [0.4, 0.5) is 0 Å². The Morgan fingerprint density at radius 2 is 1.62 bits per heavy atom. The molecule has 76 valence electrons. The molecule has 0 bridgehead atoms. The largest absolute Gasteiger partial charge is 0.393 e. The average molecular weight is 182 g/mol. The Morgan fingerprint density at radius 1 is 0.846 bits per heavy atom. The summed E-state index contributed by atoms with van der Waals surface area (Å²) >= 11 is 0. The van der Waals surface area contributed by atoms with Crippen LogP contribution in [0.25, 0.3) is 0 Å². The smallest absolute Gasteiger partial charge is 0.0568 e. The molecule has 0 spiro atoms. The highest BCUT2D eigenvalue weighted by Crippen LogP contribution is 2.36. The minimum Gasteiger partial charge on any atom is -0.393 e. The molecule has 1 nitrogen and oxygen atoms in total. The van der Waals surface area contributed by atoms with Crippen molar-refractivity contribution in [3.63, 3.8) is 0 Å². The van der Waals surface area contributed by atoms with Gasteiger partial charge in [-0.25, -0.2) is 0 Å². The van der Waals surface area contributed by atoms with Gasteiger partial charge in [0.2, 0.25) is 0 Å². The molecule has 0 heterocycles. The van der Waals surface area contributed by atoms with Crippen LogP contribution >= 0.6 is 0 Å². The fourth-order valence-electron chi connectivity index (χ4n) is 3.14. The molecule has 1 heteroatoms. The van der Waals surface area contributed by atoms with Crippen LogP contribution in [-0.2, 0) is 0 Å². The molecule has 2 aliphatic carbocycles. The molecular weight excluding hydrogens is 160 g/mol. The van der Waals surface area contributed by atoms with Crippen molar-refractivity contribution in [1.82, 2.24) is 0 Å². The molecule has 0 unspecified atom stereocenters. The second-order valence-corrected chi connectivity index (χ2v) is 5.00. The Bertz CT molecular complexity index is 149. The number of aliphatic hydroxyl groups excluding tert-OH is 1. The number of hydrogen-bond donors (Lipinski definition) is 1. The molecule has 0 amide bonds. The van der Waals surface area contributed by atoms with Crippen LogP contribution in [-0.4, -0.2) is 11.2 Å². The monoisotopic (exact) mass is 182 g/mol. The second kappa shape index (κ2) is 4.45. The van der Waals surface area contributed by atoms with Gasteiger partial charge < -0.3 is 5.11 Å². The van der Waals surface area contributed by atoms with Crippen LogP contribution in [0.5, 0.6) is 0 Å². The summed E-state index contributed by atoms with van der Waals surface area (Å²) in [4.78, 5) is 0. The van der Waals surface area contributed by atoms with E-state index in [-0.39, 0.29) is 6.10 Å². The summed E-state index contributed by atoms with van der Waals surface area (Å²) in [5.41, 5.74) is 0. The Labute approximate surface area is 81.5 Å². The molecule has 2 fully saturated rings. The van der Waals surface area contributed by atoms with Gasteiger partial charge in [0.05, 0.1) is 6.10 Å². The molecule has 0 aromatic carbocycles. The minimum atomic E-state index is 0.0435. The highest BCUT2D eigenvalue weighted by atomic mass is 16.3. The topological polar surface area (TPSA) is 20.2 Å². The van der Waals surface area contributed by atoms with Gasteiger partial charge in [0.25, 0.3) is 0 Å². The summed E-state index contributed by atoms with van der Waals surface area (Å²) in [6, 6.07) is 0. The van der Waals surface area contributed by atoms with Crippen molar-refractivity contribution in [2.75, 3.05) is 0 Å². The van der Waals surface area contributed by atoms with Gasteiger partial charge in [-0.3, -0.25) is 0 Å². The fraction of sp³-hybridized carbons (Fsp3) is 1.00. The summed E-state index contributed by atoms with van der Waals surface area (Å²) in [6.45, 7) is 0. The van der Waals surface area contributed by atoms with E-state index in [1.165, 1.54) is 51.4 Å². The van der Waals surface area contributed by atoms with E-state index in [9.17, 15) is 5.11 Å². The lowest BCUT2D eigenvalue weighted by Crippen LogP contribution is -2.18. The van der Waals surface area contributed by atoms with E-state index in [1.807, 2.05) is 0 Å². The molecule has 0 aromatic heterocycles. The third-order valence-electron chi connectivity index (χ3n) is 3.98. The van der Waals surface area contributed by atoms with E-state index >= 15 is 0 Å². The van der Waals surface area contributed by atoms with Crippen LogP contribution in [0.15, 0.2) is 0 Å². The van der Waals surface area contributed by atoms with Crippen LogP contribution in [0.3, 0.4) is 0 Å². The van der Waals surface area contributed by atoms with Crippen molar-refractivity contribution in [1.29, 1.82) is 0 Å². The first-order valence-electron chi connectivity index (χ1n) is 6.04. The maximum atomic E-state index is 9.72. The maximum Gasteiger partial charge on any atom is 0.0568 e. The number of aliphatic hydroxyl groups is 1. The Morgan fingerprint density at radius 3 is 2.23 bits per heavy atom. The van der Waals surface area contributed by atoms with E-state index in [0.29, 0.717) is 5.92 Å². The molecule has 0 saturated heterocycles. The molecule has 0 radical (unpaired) electrons. The Hall–Kier alpha value is -0.0400. The zero-order chi connectivity index (χ0) is 9.10. The second-order valence-electron chi connectivity index (χ2n) is 5.00. The van der Waals surface area contributed by atoms with Crippen molar-refractivity contribution >= 4 is 0 Å². The molecule has 1 N–H and O–H groups in total. The van der Waals surface area contributed by atoms with Gasteiger partial charge in [0.15, 0.2) is 0 Å². The molecule has 2 atom stereocenters. The summed E-state index contributed by atoms with van der Waals surface area (Å²) in [5, 5.41) is 9.72. The van der Waals surface area contributed by atoms with Crippen molar-refractivity contribution in [2.45, 2.75) is 63.9 Å². The predicted octanol–water partition coefficient (Wildman–Crippen LogP) is 3.12. The van der Waals surface area contributed by atoms with E-state index < -0.39 is 0 Å². The zero-order valence-electron chi connectivity index (χ0n) is 8.54. The third kappa shape index (κ3) is 2.46. The van der Waals surface area contributed by atoms with E-state index in [0.717, 1.165) is 12.3 Å². The SMILES string of the molecule is O[C@@H]1CCC[C@H]1CC1CCCCC1. The molecular formula is C12H22O. The van der Waals surface area contributed by atoms with Gasteiger partial charge in [-0.15, -0.1) is 0 Å². The average Bonchev–Trinajstić information content (AvgIpc) is 2.54. The van der Waals surface area contributed by atoms with Gasteiger partial charge in [0, 0.05) is 0 Å². The zero-order valence-corrected chi connectivity index (χ0v) is 8.54. The van der Waals surface area contributed by atoms with Crippen LogP contribution in [0.1, 0.15) is 57.8 Å². The molecule has 2 saturated carbocycles. The van der Waals surface area contributed by atoms with Gasteiger partial charge in [-0.1, -0.05) is 38.5 Å². The van der Waals surface area contributed by atoms with Crippen LogP contribution in [0.2, 0.25) is 0 Å². The van der Waals surface area contributed by atoms with Gasteiger partial charge in [0.1, 0.15) is 0 Å². The standard InChI is InChI=1S/C12H22O/c13-12-8-4-7-11(12)9-10-5-2-1-3-6-10/h10-13H,1-9H2/t11-,12+/m0/s1. The highest BCUT2D eigenvalue weighted by molar-refractivity contribution is 4.80. The molecule has 0 aromatic rings. The normalized spacial score (nSPS) is 36.7. The van der Waals surface area contributed by atoms with Gasteiger partial charge in [-0.05, 0) is 31.1 Å². The Balaban J connectivity index is 1.75. The van der Waals surface area contributed by atoms with Crippen molar-refractivity contribution in [3.05, 3.63) is 0 Å². The summed E-state index contributed by atoms with van der Waals surface area (Å²) < 4.78 is 0. The molecule has 13 heavy (non-hydrogen) atoms. The minimum absolute atomic E-state index is 0.0435. The first-order chi connectivity index (χ1) is 6.36. The van der Waals surface area contributed by atoms with E-state index in [2.05, 4.69) is 0 Å². The van der Waals surface area contributed by atoms with Gasteiger partial charge >= 0.3 is 0 Å². The van der Waals surface area contributed by atoms with Crippen molar-refractivity contribution < 1.29 is 5.11 Å². The quantitative estimate of drug-likeness (QED) is 0.695. The fourth-order valence-corrected chi connectivity index (χ4v) is 3.14. The number of hydrogen-bond acceptors (Lipinski definition) is 1. The van der Waals surface area contributed by atoms with Gasteiger partial charge in [-0.2, -0.15) is 0 Å². The van der Waals surface area contributed by atoms with Crippen molar-refractivity contribution in [3.8, 4) is 0 Å². The van der Waals surface area contributed by atoms with Crippen molar-refractivity contribution in [2.24, 2.45) is 11.8 Å². The molecule has 2 aliphatic rings. The third-order valence-corrected chi connectivity index (χ3v) is 3.98. The van der Waals surface area contributed by atoms with E-state index in [1.54, 1.807) is 0 Å². The first-order valence-corrected chi connectivity index (χ1v) is 6.04. The predicted molar refractivity (Wildman–Crippen MR) is 54.5 cm³/mol. The highest BCUT2D eigenvalue weighted by Gasteiger charge is 2.28. The lowest BCUT2D eigenvalue weighted by atomic mass is 9.82. The van der Waals surface area contributed by atoms with E-state index in [4.69, 9.17) is 0 Å². The molecule has 0 aliphatic heterocycles. The summed E-state index contributed by atoms with van der Waals surface area (Å²) in [5.74, 6) is 1.61. The van der Waals surface area contributed by atoms with Crippen LogP contribution in [0, 0.1) is 11.8 Å². The summed E-state index contributed by atoms with van der Waals surface area (Å²) in [6.07, 6.45) is 12.2. The van der Waals surface area contributed by atoms with Crippen LogP contribution < -0.4 is 0 Å². The summed E-state index contributed by atoms with van der Waals surface area (Å²) in [7, 11) is 0. The lowest BCUT2D eigenvalue weighted by Gasteiger charge is -2.25. The molecule has 2 rings (SSSR count). The number of rotatable bonds is 2. The maximum absolute atomic E-state index is 9.72. The Kier molecular flexibility index (Phi) is 3.26. The lowest BCUT2D eigenvalue weighted by molar-refractivity contribution is 0.111.